The van der Waals surface area contributed by atoms with Crippen molar-refractivity contribution < 1.29 is 14.6 Å². The lowest BCUT2D eigenvalue weighted by atomic mass is 10.0. The molecule has 0 saturated carbocycles. The molecule has 0 amide bonds. The molecule has 4 heteroatoms. The van der Waals surface area contributed by atoms with E-state index >= 15 is 0 Å². The highest BCUT2D eigenvalue weighted by molar-refractivity contribution is 5.76. The van der Waals surface area contributed by atoms with E-state index in [0.29, 0.717) is 12.4 Å². The van der Waals surface area contributed by atoms with Gasteiger partial charge in [-0.1, -0.05) is 60.2 Å². The maximum atomic E-state index is 11.2. The van der Waals surface area contributed by atoms with E-state index in [4.69, 9.17) is 9.84 Å². The van der Waals surface area contributed by atoms with E-state index in [1.807, 2.05) is 79.2 Å². The van der Waals surface area contributed by atoms with Gasteiger partial charge in [-0.25, -0.2) is 4.79 Å². The molecule has 0 aliphatic heterocycles. The molecule has 0 fully saturated rings. The third kappa shape index (κ3) is 3.33. The van der Waals surface area contributed by atoms with Crippen molar-refractivity contribution in [1.29, 1.82) is 0 Å². The molecule has 0 saturated heterocycles. The highest BCUT2D eigenvalue weighted by Crippen LogP contribution is 2.36. The second-order valence-electron chi connectivity index (χ2n) is 5.84. The first-order chi connectivity index (χ1) is 11.5. The topological polar surface area (TPSA) is 51.5 Å². The average Bonchev–Trinajstić information content (AvgIpc) is 2.84. The molecule has 122 valence electrons. The van der Waals surface area contributed by atoms with Crippen LogP contribution in [-0.2, 0) is 6.54 Å². The highest BCUT2D eigenvalue weighted by atomic mass is 16.7. The Balaban J connectivity index is 2.08. The number of nitrogens with zero attached hydrogens (tertiary/aromatic N) is 1. The molecule has 3 aromatic rings. The third-order valence-corrected chi connectivity index (χ3v) is 3.94. The molecule has 1 heterocycles. The van der Waals surface area contributed by atoms with Gasteiger partial charge in [-0.3, -0.25) is 0 Å². The van der Waals surface area contributed by atoms with E-state index in [2.05, 4.69) is 0 Å². The van der Waals surface area contributed by atoms with Crippen LogP contribution in [0.5, 0.6) is 5.88 Å². The van der Waals surface area contributed by atoms with Gasteiger partial charge >= 0.3 is 6.16 Å². The molecule has 0 bridgehead atoms. The fourth-order valence-electron chi connectivity index (χ4n) is 2.83. The van der Waals surface area contributed by atoms with Crippen LogP contribution in [0.3, 0.4) is 0 Å². The van der Waals surface area contributed by atoms with E-state index in [0.717, 1.165) is 27.8 Å². The van der Waals surface area contributed by atoms with Crippen molar-refractivity contribution in [3.8, 4) is 17.0 Å². The molecular formula is C20H19NO3. The zero-order valence-electron chi connectivity index (χ0n) is 13.7. The second kappa shape index (κ2) is 6.62. The maximum Gasteiger partial charge on any atom is 0.512 e. The summed E-state index contributed by atoms with van der Waals surface area (Å²) in [5.74, 6) is 0.354. The summed E-state index contributed by atoms with van der Waals surface area (Å²) < 4.78 is 6.98. The first kappa shape index (κ1) is 15.9. The Morgan fingerprint density at radius 1 is 1.04 bits per heavy atom. The van der Waals surface area contributed by atoms with Crippen molar-refractivity contribution in [2.75, 3.05) is 0 Å². The Kier molecular flexibility index (Phi) is 4.38. The molecule has 0 atom stereocenters. The summed E-state index contributed by atoms with van der Waals surface area (Å²) in [6.07, 6.45) is 0.622. The summed E-state index contributed by atoms with van der Waals surface area (Å²) in [5.41, 5.74) is 4.97. The van der Waals surface area contributed by atoms with Gasteiger partial charge in [0, 0.05) is 11.8 Å². The van der Waals surface area contributed by atoms with Crippen LogP contribution in [0, 0.1) is 13.8 Å². The highest BCUT2D eigenvalue weighted by Gasteiger charge is 2.19. The van der Waals surface area contributed by atoms with E-state index in [1.54, 1.807) is 0 Å². The molecule has 0 radical (unpaired) electrons. The number of hydrogen-bond acceptors (Lipinski definition) is 2. The predicted molar refractivity (Wildman–Crippen MR) is 93.5 cm³/mol. The van der Waals surface area contributed by atoms with E-state index in [1.165, 1.54) is 0 Å². The lowest BCUT2D eigenvalue weighted by Crippen LogP contribution is -2.09. The van der Waals surface area contributed by atoms with E-state index in [-0.39, 0.29) is 0 Å². The zero-order chi connectivity index (χ0) is 17.1. The molecular weight excluding hydrogens is 302 g/mol. The van der Waals surface area contributed by atoms with Gasteiger partial charge in [0.1, 0.15) is 0 Å². The number of benzene rings is 2. The smallest absolute Gasteiger partial charge is 0.449 e. The standard InChI is InChI=1S/C20H19NO3/c1-14-8-10-17(11-9-14)18-15(2)12-21(19(18)24-20(22)23)13-16-6-4-3-5-7-16/h3-12H,13H2,1-2H3,(H,22,23). The van der Waals surface area contributed by atoms with Crippen LogP contribution in [0.4, 0.5) is 4.79 Å². The summed E-state index contributed by atoms with van der Waals surface area (Å²) >= 11 is 0. The lowest BCUT2D eigenvalue weighted by molar-refractivity contribution is 0.141. The molecule has 0 unspecified atom stereocenters. The molecule has 0 aliphatic carbocycles. The SMILES string of the molecule is Cc1ccc(-c2c(C)cn(Cc3ccccc3)c2OC(=O)O)cc1. The molecule has 3 rings (SSSR count). The third-order valence-electron chi connectivity index (χ3n) is 3.94. The summed E-state index contributed by atoms with van der Waals surface area (Å²) in [6.45, 7) is 4.54. The number of aromatic nitrogens is 1. The number of rotatable bonds is 4. The van der Waals surface area contributed by atoms with Crippen LogP contribution in [0.1, 0.15) is 16.7 Å². The summed E-state index contributed by atoms with van der Waals surface area (Å²) in [7, 11) is 0. The quantitative estimate of drug-likeness (QED) is 0.697. The Morgan fingerprint density at radius 2 is 1.71 bits per heavy atom. The Morgan fingerprint density at radius 3 is 2.33 bits per heavy atom. The fraction of sp³-hybridized carbons (Fsp3) is 0.150. The van der Waals surface area contributed by atoms with Crippen LogP contribution < -0.4 is 4.74 Å². The number of carboxylic acid groups (broad SMARTS) is 1. The lowest BCUT2D eigenvalue weighted by Gasteiger charge is -2.10. The van der Waals surface area contributed by atoms with Crippen molar-refractivity contribution in [2.24, 2.45) is 0 Å². The first-order valence-corrected chi connectivity index (χ1v) is 7.76. The van der Waals surface area contributed by atoms with Crippen LogP contribution in [0.25, 0.3) is 11.1 Å². The molecule has 24 heavy (non-hydrogen) atoms. The van der Waals surface area contributed by atoms with Crippen molar-refractivity contribution >= 4 is 6.16 Å². The Labute approximate surface area is 140 Å². The predicted octanol–water partition coefficient (Wildman–Crippen LogP) is 4.88. The fourth-order valence-corrected chi connectivity index (χ4v) is 2.83. The van der Waals surface area contributed by atoms with Crippen LogP contribution >= 0.6 is 0 Å². The van der Waals surface area contributed by atoms with Crippen molar-refractivity contribution in [1.82, 2.24) is 4.57 Å². The summed E-state index contributed by atoms with van der Waals surface area (Å²) in [6, 6.07) is 17.9. The number of aryl methyl sites for hydroxylation is 2. The largest absolute Gasteiger partial charge is 0.512 e. The van der Waals surface area contributed by atoms with Gasteiger partial charge in [0.05, 0.1) is 6.54 Å². The van der Waals surface area contributed by atoms with Crippen LogP contribution in [-0.4, -0.2) is 15.8 Å². The molecule has 0 aliphatic rings. The summed E-state index contributed by atoms with van der Waals surface area (Å²) in [5, 5.41) is 9.15. The minimum atomic E-state index is -1.31. The first-order valence-electron chi connectivity index (χ1n) is 7.76. The van der Waals surface area contributed by atoms with E-state index in [9.17, 15) is 4.79 Å². The van der Waals surface area contributed by atoms with Gasteiger partial charge in [0.25, 0.3) is 0 Å². The van der Waals surface area contributed by atoms with Gasteiger partial charge in [-0.15, -0.1) is 0 Å². The minimum Gasteiger partial charge on any atom is -0.449 e. The van der Waals surface area contributed by atoms with Gasteiger partial charge in [0.2, 0.25) is 5.88 Å². The molecule has 4 nitrogen and oxygen atoms in total. The van der Waals surface area contributed by atoms with Crippen molar-refractivity contribution in [2.45, 2.75) is 20.4 Å². The summed E-state index contributed by atoms with van der Waals surface area (Å²) in [4.78, 5) is 11.2. The van der Waals surface area contributed by atoms with Gasteiger partial charge < -0.3 is 14.4 Å². The van der Waals surface area contributed by atoms with Gasteiger partial charge in [-0.05, 0) is 30.5 Å². The van der Waals surface area contributed by atoms with Crippen molar-refractivity contribution in [3.05, 3.63) is 77.5 Å². The number of ether oxygens (including phenoxy) is 1. The normalized spacial score (nSPS) is 10.6. The monoisotopic (exact) mass is 321 g/mol. The Bertz CT molecular complexity index is 849. The van der Waals surface area contributed by atoms with Crippen LogP contribution in [0.2, 0.25) is 0 Å². The van der Waals surface area contributed by atoms with Crippen molar-refractivity contribution in [3.63, 3.8) is 0 Å². The molecule has 1 aromatic heterocycles. The van der Waals surface area contributed by atoms with Crippen LogP contribution in [0.15, 0.2) is 60.8 Å². The number of hydrogen-bond donors (Lipinski definition) is 1. The van der Waals surface area contributed by atoms with E-state index < -0.39 is 6.16 Å². The average molecular weight is 321 g/mol. The van der Waals surface area contributed by atoms with Gasteiger partial charge in [0.15, 0.2) is 0 Å². The maximum absolute atomic E-state index is 11.2. The second-order valence-corrected chi connectivity index (χ2v) is 5.84. The molecule has 2 aromatic carbocycles. The number of carbonyl (C=O) groups is 1. The van der Waals surface area contributed by atoms with Gasteiger partial charge in [-0.2, -0.15) is 0 Å². The molecule has 0 spiro atoms. The zero-order valence-corrected chi connectivity index (χ0v) is 13.7. The molecule has 1 N–H and O–H groups in total. The Hall–Kier alpha value is -3.01. The minimum absolute atomic E-state index is 0.354.